The molecule has 4 unspecified atom stereocenters. The average Bonchev–Trinajstić information content (AvgIpc) is 1.58. The summed E-state index contributed by atoms with van der Waals surface area (Å²) < 4.78 is 114. The zero-order valence-corrected chi connectivity index (χ0v) is 71.5. The molecule has 0 saturated carbocycles. The lowest BCUT2D eigenvalue weighted by Gasteiger charge is -2.45. The van der Waals surface area contributed by atoms with E-state index in [1.54, 1.807) is 138 Å². The van der Waals surface area contributed by atoms with Crippen LogP contribution in [-0.2, 0) is 70.7 Å². The fourth-order valence-electron chi connectivity index (χ4n) is 13.3. The van der Waals surface area contributed by atoms with Gasteiger partial charge in [0.05, 0.1) is 32.0 Å². The van der Waals surface area contributed by atoms with Crippen molar-refractivity contribution in [3.8, 4) is 23.0 Å². The molecule has 12 atom stereocenters. The zero-order valence-electron chi connectivity index (χ0n) is 69.5. The highest BCUT2D eigenvalue weighted by Crippen LogP contribution is 2.42. The van der Waals surface area contributed by atoms with Gasteiger partial charge < -0.3 is 89.7 Å². The van der Waals surface area contributed by atoms with Crippen LogP contribution in [0.2, 0.25) is 30.7 Å². The van der Waals surface area contributed by atoms with E-state index in [0.717, 1.165) is 6.04 Å². The molecule has 3 aliphatic heterocycles. The van der Waals surface area contributed by atoms with Crippen molar-refractivity contribution in [1.29, 1.82) is 0 Å². The number of ether oxygens (including phenoxy) is 18. The summed E-state index contributed by atoms with van der Waals surface area (Å²) in [7, 11) is 4.62. The van der Waals surface area contributed by atoms with Crippen molar-refractivity contribution in [3.05, 3.63) is 215 Å². The molecule has 2 saturated heterocycles. The minimum Gasteiger partial charge on any atom is -0.497 e. The van der Waals surface area contributed by atoms with E-state index in [0.29, 0.717) is 33.8 Å². The van der Waals surface area contributed by atoms with E-state index in [4.69, 9.17) is 89.7 Å². The quantitative estimate of drug-likeness (QED) is 0.0122. The van der Waals surface area contributed by atoms with E-state index < -0.39 is 107 Å². The number of fused-ring (bicyclic) bond motifs is 2. The van der Waals surface area contributed by atoms with Crippen LogP contribution < -0.4 is 29.3 Å². The molecular formula is C89H116O23Si2. The smallest absolute Gasteiger partial charge is 0.342 e. The van der Waals surface area contributed by atoms with E-state index in [2.05, 4.69) is 103 Å². The van der Waals surface area contributed by atoms with Gasteiger partial charge in [-0.3, -0.25) is 0 Å². The first-order valence-electron chi connectivity index (χ1n) is 38.3. The van der Waals surface area contributed by atoms with Crippen LogP contribution >= 0.6 is 0 Å². The Balaban J connectivity index is 0.000000312. The van der Waals surface area contributed by atoms with Gasteiger partial charge in [0.2, 0.25) is 0 Å². The zero-order chi connectivity index (χ0) is 83.0. The van der Waals surface area contributed by atoms with Crippen molar-refractivity contribution in [2.75, 3.05) is 76.4 Å². The molecule has 3 aliphatic rings. The molecule has 0 aliphatic carbocycles. The highest BCUT2D eigenvalue weighted by molar-refractivity contribution is 6.99. The van der Waals surface area contributed by atoms with Crippen LogP contribution in [0.15, 0.2) is 182 Å². The number of benzene rings is 6. The molecule has 6 aromatic rings. The van der Waals surface area contributed by atoms with Crippen LogP contribution in [0.25, 0.3) is 12.2 Å². The molecule has 9 rings (SSSR count). The summed E-state index contributed by atoms with van der Waals surface area (Å²) in [6, 6.07) is 46.0. The molecule has 6 aromatic carbocycles. The van der Waals surface area contributed by atoms with Gasteiger partial charge in [-0.15, -0.1) is 0 Å². The van der Waals surface area contributed by atoms with Gasteiger partial charge in [0.25, 0.3) is 8.32 Å². The van der Waals surface area contributed by atoms with E-state index in [1.807, 2.05) is 49.4 Å². The second-order valence-corrected chi connectivity index (χ2v) is 41.1. The maximum atomic E-state index is 14.0. The fraction of sp³-hybridized carbons (Fsp3) is 0.461. The Labute approximate surface area is 674 Å². The molecule has 114 heavy (non-hydrogen) atoms. The lowest BCUT2D eigenvalue weighted by Crippen LogP contribution is -2.67. The van der Waals surface area contributed by atoms with Crippen LogP contribution in [0.1, 0.15) is 129 Å². The number of hydrogen-bond acceptors (Lipinski definition) is 23. The first-order valence-corrected chi connectivity index (χ1v) is 43.9. The van der Waals surface area contributed by atoms with Gasteiger partial charge in [-0.2, -0.15) is 0 Å². The summed E-state index contributed by atoms with van der Waals surface area (Å²) >= 11 is 0. The van der Waals surface area contributed by atoms with E-state index >= 15 is 0 Å². The van der Waals surface area contributed by atoms with Crippen molar-refractivity contribution >= 4 is 62.8 Å². The van der Waals surface area contributed by atoms with Crippen molar-refractivity contribution in [2.24, 2.45) is 11.8 Å². The summed E-state index contributed by atoms with van der Waals surface area (Å²) in [4.78, 5) is 54.9. The lowest BCUT2D eigenvalue weighted by molar-refractivity contribution is -0.165. The second kappa shape index (κ2) is 42.3. The Kier molecular flexibility index (Phi) is 33.7. The van der Waals surface area contributed by atoms with Gasteiger partial charge in [0.15, 0.2) is 25.2 Å². The Morgan fingerprint density at radius 3 is 1.64 bits per heavy atom. The van der Waals surface area contributed by atoms with Crippen molar-refractivity contribution in [3.63, 3.8) is 0 Å². The van der Waals surface area contributed by atoms with Gasteiger partial charge >= 0.3 is 23.9 Å². The van der Waals surface area contributed by atoms with Crippen LogP contribution in [0.4, 0.5) is 0 Å². The predicted molar refractivity (Wildman–Crippen MR) is 440 cm³/mol. The Morgan fingerprint density at radius 1 is 0.570 bits per heavy atom. The van der Waals surface area contributed by atoms with Crippen LogP contribution in [0.3, 0.4) is 0 Å². The SMILES string of the molecule is COCOc1cc(OC)cc(/C=C/C(OCOC)[C@@H]2OC(C)(C)O[C@@H]2C(/C=C\[C@@H](C)[C@H](C)O[Si](c2ccccc2)(c2ccccc2)C(C)(C)C)OC(=O)c2ccccc2)c1C(=O)OCC[Si](C)(C)C.COCOc1cc(OC)cc2c1C(=O)O[C@@H](C)[C@H](C)/C=C\C(OC(=O)c1ccccc1)[C@H]1OC(C)(C)O[C@H]1C(OCOC)/C=C/2. The topological polar surface area (TPSA) is 244 Å². The maximum Gasteiger partial charge on any atom is 0.342 e. The number of hydrogen-bond donors (Lipinski definition) is 0. The van der Waals surface area contributed by atoms with Gasteiger partial charge in [-0.05, 0) is 129 Å². The summed E-state index contributed by atoms with van der Waals surface area (Å²) in [6.45, 7) is 28.3. The number of carbonyl (C=O) groups is 4. The molecular weight excluding hydrogens is 1490 g/mol. The van der Waals surface area contributed by atoms with Gasteiger partial charge in [0, 0.05) is 60.7 Å². The molecule has 0 amide bonds. The third-order valence-electron chi connectivity index (χ3n) is 19.4. The van der Waals surface area contributed by atoms with Crippen molar-refractivity contribution in [2.45, 2.75) is 179 Å². The monoisotopic (exact) mass is 1610 g/mol. The lowest BCUT2D eigenvalue weighted by atomic mass is 9.97. The molecule has 2 fully saturated rings. The molecule has 618 valence electrons. The van der Waals surface area contributed by atoms with Crippen LogP contribution in [0.5, 0.6) is 23.0 Å². The normalized spacial score (nSPS) is 21.9. The van der Waals surface area contributed by atoms with Crippen molar-refractivity contribution < 1.29 is 109 Å². The summed E-state index contributed by atoms with van der Waals surface area (Å²) in [5.74, 6) is -3.52. The molecule has 0 N–H and O–H groups in total. The predicted octanol–water partition coefficient (Wildman–Crippen LogP) is 15.3. The first-order chi connectivity index (χ1) is 54.3. The number of methoxy groups -OCH3 is 6. The molecule has 23 nitrogen and oxygen atoms in total. The molecule has 25 heteroatoms. The minimum atomic E-state index is -2.91. The maximum absolute atomic E-state index is 14.0. The van der Waals surface area contributed by atoms with E-state index in [9.17, 15) is 19.2 Å². The van der Waals surface area contributed by atoms with Gasteiger partial charge in [0.1, 0.15) is 103 Å². The first kappa shape index (κ1) is 90.9. The standard InChI is InChI=1S/C55H74O12Si2.C34H42O11/c1-39(40(2)67-69(54(3,4)5,44-25-19-15-20-26-44)45-27-21-16-22-28-45)29-31-47(64-52(56)41-23-17-14-18-24-41)51-50(65-55(6,7)66-51)46(62-37-58-8)32-30-42-35-43(60-10)36-48(63-38-59-9)49(42)53(57)61-33-34-68(11,12)13;1-21-13-15-27(43-32(35)23-11-9-8-10-12-23)31-30(44-34(3,4)45-31)26(40-19-37-5)16-14-24-17-25(39-7)18-28(41-20-38-6)29(24)33(36)42-22(21)2/h14-32,35-36,39-40,46-47,50-51H,33-34,37-38H2,1-13H3;8-18,21-22,26-27,30-31H,19-20H2,1-7H3/b31-29-,32-30+;15-13-,16-14+/t39-,40+,46?,47?,50+,51-;21-,22+,26?,27?,30+,31-/m11/s1. The molecule has 0 bridgehead atoms. The minimum absolute atomic E-state index is 0.0733. The van der Waals surface area contributed by atoms with Gasteiger partial charge in [-0.1, -0.05) is 188 Å². The van der Waals surface area contributed by atoms with Crippen molar-refractivity contribution in [1.82, 2.24) is 0 Å². The number of esters is 4. The Hall–Kier alpha value is -8.65. The fourth-order valence-corrected chi connectivity index (χ4v) is 18.8. The summed E-state index contributed by atoms with van der Waals surface area (Å²) in [5, 5.41) is 2.12. The average molecular weight is 1610 g/mol. The molecule has 3 heterocycles. The van der Waals surface area contributed by atoms with Crippen LogP contribution in [0, 0.1) is 11.8 Å². The Bertz CT molecular complexity index is 4120. The number of rotatable bonds is 33. The molecule has 0 aromatic heterocycles. The second-order valence-electron chi connectivity index (χ2n) is 31.2. The van der Waals surface area contributed by atoms with Crippen LogP contribution in [-0.4, -0.2) is 189 Å². The summed E-state index contributed by atoms with van der Waals surface area (Å²) in [6.07, 6.45) is 6.72. The molecule has 0 spiro atoms. The van der Waals surface area contributed by atoms with E-state index in [-0.39, 0.29) is 79.4 Å². The van der Waals surface area contributed by atoms with Gasteiger partial charge in [-0.25, -0.2) is 19.2 Å². The highest BCUT2D eigenvalue weighted by atomic mass is 28.4. The van der Waals surface area contributed by atoms with E-state index in [1.165, 1.54) is 53.0 Å². The largest absolute Gasteiger partial charge is 0.497 e. The highest BCUT2D eigenvalue weighted by Gasteiger charge is 2.53. The molecule has 0 radical (unpaired) electrons. The summed E-state index contributed by atoms with van der Waals surface area (Å²) in [5.41, 5.74) is 2.03. The number of cyclic esters (lactones) is 1. The third-order valence-corrected chi connectivity index (χ3v) is 26.3. The third kappa shape index (κ3) is 24.9. The number of carbonyl (C=O) groups excluding carboxylic acids is 4. The Morgan fingerprint density at radius 2 is 1.09 bits per heavy atom.